The molecule has 1 N–H and O–H groups in total. The maximum atomic E-state index is 13.0. The Hall–Kier alpha value is -3.84. The van der Waals surface area contributed by atoms with Crippen molar-refractivity contribution in [3.8, 4) is 6.07 Å². The molecule has 0 aliphatic carbocycles. The average molecular weight is 422 g/mol. The molecule has 1 saturated heterocycles. The molecule has 0 saturated carbocycles. The Balaban J connectivity index is 1.53. The molecular weight excluding hydrogens is 394 g/mol. The lowest BCUT2D eigenvalue weighted by atomic mass is 9.98. The van der Waals surface area contributed by atoms with Gasteiger partial charge >= 0.3 is 0 Å². The quantitative estimate of drug-likeness (QED) is 0.423. The highest BCUT2D eigenvalue weighted by Gasteiger charge is 2.19. The maximum absolute atomic E-state index is 13.0. The van der Waals surface area contributed by atoms with Crippen LogP contribution in [0.5, 0.6) is 0 Å². The van der Waals surface area contributed by atoms with Crippen LogP contribution < -0.4 is 10.2 Å². The summed E-state index contributed by atoms with van der Waals surface area (Å²) < 4.78 is 0. The van der Waals surface area contributed by atoms with Gasteiger partial charge in [-0.25, -0.2) is 0 Å². The van der Waals surface area contributed by atoms with Gasteiger partial charge in [-0.3, -0.25) is 4.79 Å². The molecule has 0 spiro atoms. The van der Waals surface area contributed by atoms with Crippen LogP contribution >= 0.6 is 0 Å². The van der Waals surface area contributed by atoms with E-state index in [0.717, 1.165) is 29.8 Å². The van der Waals surface area contributed by atoms with Crippen LogP contribution in [0.2, 0.25) is 0 Å². The molecule has 3 aromatic carbocycles. The second-order valence-electron chi connectivity index (χ2n) is 8.04. The van der Waals surface area contributed by atoms with Crippen LogP contribution in [0.25, 0.3) is 6.08 Å². The Morgan fingerprint density at radius 2 is 1.41 bits per heavy atom. The number of nitrogens with one attached hydrogen (secondary N) is 1. The van der Waals surface area contributed by atoms with Crippen LogP contribution in [0.15, 0.2) is 90.5 Å². The van der Waals surface area contributed by atoms with Gasteiger partial charge in [0.1, 0.15) is 11.6 Å². The topological polar surface area (TPSA) is 56.1 Å². The fraction of sp³-hybridized carbons (Fsp3) is 0.214. The van der Waals surface area contributed by atoms with Crippen molar-refractivity contribution in [3.63, 3.8) is 0 Å². The summed E-state index contributed by atoms with van der Waals surface area (Å²) in [5, 5.41) is 12.7. The standard InChI is InChI=1S/C28H27N3O/c29-21-25(20-22-14-16-26(17-15-22)31-18-8-3-9-19-31)28(32)30-27(23-10-4-1-5-11-23)24-12-6-2-7-13-24/h1-2,4-7,10-17,20,27H,3,8-9,18-19H2,(H,30,32)/b25-20+. The highest BCUT2D eigenvalue weighted by Crippen LogP contribution is 2.23. The predicted molar refractivity (Wildman–Crippen MR) is 129 cm³/mol. The van der Waals surface area contributed by atoms with Gasteiger partial charge < -0.3 is 10.2 Å². The fourth-order valence-corrected chi connectivity index (χ4v) is 4.11. The van der Waals surface area contributed by atoms with E-state index >= 15 is 0 Å². The molecule has 4 heteroatoms. The molecular formula is C28H27N3O. The van der Waals surface area contributed by atoms with E-state index in [2.05, 4.69) is 28.4 Å². The molecule has 1 fully saturated rings. The van der Waals surface area contributed by atoms with E-state index < -0.39 is 0 Å². The zero-order chi connectivity index (χ0) is 22.2. The van der Waals surface area contributed by atoms with Crippen molar-refractivity contribution in [3.05, 3.63) is 107 Å². The molecule has 0 aromatic heterocycles. The van der Waals surface area contributed by atoms with E-state index in [9.17, 15) is 10.1 Å². The number of carbonyl (C=O) groups is 1. The average Bonchev–Trinajstić information content (AvgIpc) is 2.87. The number of amides is 1. The van der Waals surface area contributed by atoms with E-state index in [4.69, 9.17) is 0 Å². The van der Waals surface area contributed by atoms with Crippen molar-refractivity contribution in [1.82, 2.24) is 5.32 Å². The highest BCUT2D eigenvalue weighted by atomic mass is 16.1. The van der Waals surface area contributed by atoms with Crippen LogP contribution in [-0.2, 0) is 4.79 Å². The molecule has 4 nitrogen and oxygen atoms in total. The number of hydrogen-bond donors (Lipinski definition) is 1. The Morgan fingerprint density at radius 1 is 0.844 bits per heavy atom. The molecule has 1 heterocycles. The summed E-state index contributed by atoms with van der Waals surface area (Å²) >= 11 is 0. The summed E-state index contributed by atoms with van der Waals surface area (Å²) in [5.74, 6) is -0.384. The van der Waals surface area contributed by atoms with E-state index in [1.54, 1.807) is 6.08 Å². The van der Waals surface area contributed by atoms with Crippen LogP contribution in [0.4, 0.5) is 5.69 Å². The number of nitriles is 1. The van der Waals surface area contributed by atoms with Crippen LogP contribution in [0, 0.1) is 11.3 Å². The summed E-state index contributed by atoms with van der Waals surface area (Å²) in [4.78, 5) is 15.4. The van der Waals surface area contributed by atoms with Gasteiger partial charge in [0.2, 0.25) is 0 Å². The summed E-state index contributed by atoms with van der Waals surface area (Å²) in [7, 11) is 0. The minimum Gasteiger partial charge on any atom is -0.372 e. The number of hydrogen-bond acceptors (Lipinski definition) is 3. The van der Waals surface area contributed by atoms with Gasteiger partial charge in [0.05, 0.1) is 6.04 Å². The van der Waals surface area contributed by atoms with Crippen LogP contribution in [-0.4, -0.2) is 19.0 Å². The molecule has 3 aromatic rings. The minimum absolute atomic E-state index is 0.0904. The lowest BCUT2D eigenvalue weighted by molar-refractivity contribution is -0.117. The monoisotopic (exact) mass is 421 g/mol. The number of anilines is 1. The summed E-state index contributed by atoms with van der Waals surface area (Å²) in [5.41, 5.74) is 4.06. The van der Waals surface area contributed by atoms with Crippen molar-refractivity contribution >= 4 is 17.7 Å². The van der Waals surface area contributed by atoms with E-state index in [-0.39, 0.29) is 17.5 Å². The number of carbonyl (C=O) groups excluding carboxylic acids is 1. The lowest BCUT2D eigenvalue weighted by Gasteiger charge is -2.28. The Labute approximate surface area is 189 Å². The third kappa shape index (κ3) is 5.25. The number of benzene rings is 3. The Morgan fingerprint density at radius 3 is 1.94 bits per heavy atom. The second kappa shape index (κ2) is 10.5. The second-order valence-corrected chi connectivity index (χ2v) is 8.04. The van der Waals surface area contributed by atoms with Gasteiger partial charge in [-0.15, -0.1) is 0 Å². The molecule has 0 unspecified atom stereocenters. The molecule has 32 heavy (non-hydrogen) atoms. The molecule has 1 amide bonds. The first-order chi connectivity index (χ1) is 15.7. The zero-order valence-corrected chi connectivity index (χ0v) is 18.1. The van der Waals surface area contributed by atoms with Crippen molar-refractivity contribution in [2.75, 3.05) is 18.0 Å². The van der Waals surface area contributed by atoms with Crippen LogP contribution in [0.3, 0.4) is 0 Å². The minimum atomic E-state index is -0.384. The van der Waals surface area contributed by atoms with Crippen molar-refractivity contribution in [1.29, 1.82) is 5.26 Å². The largest absolute Gasteiger partial charge is 0.372 e. The van der Waals surface area contributed by atoms with Crippen molar-refractivity contribution < 1.29 is 4.79 Å². The SMILES string of the molecule is N#C/C(=C\c1ccc(N2CCCCC2)cc1)C(=O)NC(c1ccccc1)c1ccccc1. The first-order valence-electron chi connectivity index (χ1n) is 11.1. The summed E-state index contributed by atoms with van der Waals surface area (Å²) in [6.07, 6.45) is 5.40. The molecule has 0 bridgehead atoms. The third-order valence-electron chi connectivity index (χ3n) is 5.83. The van der Waals surface area contributed by atoms with Gasteiger partial charge in [-0.1, -0.05) is 72.8 Å². The maximum Gasteiger partial charge on any atom is 0.262 e. The predicted octanol–water partition coefficient (Wildman–Crippen LogP) is 5.49. The first-order valence-corrected chi connectivity index (χ1v) is 11.1. The molecule has 160 valence electrons. The normalized spacial score (nSPS) is 14.1. The summed E-state index contributed by atoms with van der Waals surface area (Å²) in [6, 6.07) is 29.4. The molecule has 1 aliphatic rings. The zero-order valence-electron chi connectivity index (χ0n) is 18.1. The van der Waals surface area contributed by atoms with Gasteiger partial charge in [0.25, 0.3) is 5.91 Å². The van der Waals surface area contributed by atoms with E-state index in [1.807, 2.05) is 72.8 Å². The van der Waals surface area contributed by atoms with E-state index in [1.165, 1.54) is 24.9 Å². The Kier molecular flexibility index (Phi) is 6.99. The molecule has 0 radical (unpaired) electrons. The number of piperidine rings is 1. The number of nitrogens with zero attached hydrogens (tertiary/aromatic N) is 2. The highest BCUT2D eigenvalue weighted by molar-refractivity contribution is 6.02. The van der Waals surface area contributed by atoms with Gasteiger partial charge in [-0.05, 0) is 54.2 Å². The smallest absolute Gasteiger partial charge is 0.262 e. The van der Waals surface area contributed by atoms with Crippen molar-refractivity contribution in [2.24, 2.45) is 0 Å². The lowest BCUT2D eigenvalue weighted by Crippen LogP contribution is -2.30. The first kappa shape index (κ1) is 21.4. The van der Waals surface area contributed by atoms with Crippen molar-refractivity contribution in [2.45, 2.75) is 25.3 Å². The van der Waals surface area contributed by atoms with Gasteiger partial charge in [0.15, 0.2) is 0 Å². The molecule has 1 aliphatic heterocycles. The van der Waals surface area contributed by atoms with Gasteiger partial charge in [0, 0.05) is 18.8 Å². The fourth-order valence-electron chi connectivity index (χ4n) is 4.11. The third-order valence-corrected chi connectivity index (χ3v) is 5.83. The van der Waals surface area contributed by atoms with E-state index in [0.29, 0.717) is 0 Å². The molecule has 4 rings (SSSR count). The van der Waals surface area contributed by atoms with Crippen LogP contribution in [0.1, 0.15) is 42.0 Å². The van der Waals surface area contributed by atoms with Gasteiger partial charge in [-0.2, -0.15) is 5.26 Å². The Bertz CT molecular complexity index is 1050. The summed E-state index contributed by atoms with van der Waals surface area (Å²) in [6.45, 7) is 2.17. The number of rotatable bonds is 6. The molecule has 0 atom stereocenters.